The number of aliphatic carboxylic acids is 1. The lowest BCUT2D eigenvalue weighted by molar-refractivity contribution is -0.137. The van der Waals surface area contributed by atoms with Crippen molar-refractivity contribution < 1.29 is 14.6 Å². The normalized spacial score (nSPS) is 12.3. The van der Waals surface area contributed by atoms with Gasteiger partial charge in [-0.05, 0) is 31.9 Å². The lowest BCUT2D eigenvalue weighted by Gasteiger charge is -2.20. The molecule has 0 spiro atoms. The quantitative estimate of drug-likeness (QED) is 0.876. The second kappa shape index (κ2) is 6.20. The van der Waals surface area contributed by atoms with E-state index < -0.39 is 5.97 Å². The summed E-state index contributed by atoms with van der Waals surface area (Å²) in [7, 11) is 1.60. The minimum Gasteiger partial charge on any atom is -0.496 e. The van der Waals surface area contributed by atoms with Crippen LogP contribution < -0.4 is 10.5 Å². The monoisotopic (exact) mass is 315 g/mol. The second-order valence-electron chi connectivity index (χ2n) is 4.29. The molecular formula is C13H18BrNO3. The van der Waals surface area contributed by atoms with Crippen molar-refractivity contribution in [1.82, 2.24) is 0 Å². The van der Waals surface area contributed by atoms with Gasteiger partial charge in [0, 0.05) is 28.1 Å². The number of carbonyl (C=O) groups is 1. The van der Waals surface area contributed by atoms with Crippen molar-refractivity contribution in [3.05, 3.63) is 27.2 Å². The first-order valence-corrected chi connectivity index (χ1v) is 6.48. The summed E-state index contributed by atoms with van der Waals surface area (Å²) in [6.07, 6.45) is 0.451. The summed E-state index contributed by atoms with van der Waals surface area (Å²) in [5.74, 6) is -0.101. The number of aryl methyl sites for hydroxylation is 1. The van der Waals surface area contributed by atoms with Gasteiger partial charge in [-0.25, -0.2) is 0 Å². The third kappa shape index (κ3) is 3.23. The SMILES string of the molecule is COc1c(C)c(Br)cc(C)c1C(N)CCC(=O)O. The molecule has 1 atom stereocenters. The van der Waals surface area contributed by atoms with Gasteiger partial charge >= 0.3 is 5.97 Å². The van der Waals surface area contributed by atoms with Crippen molar-refractivity contribution in [1.29, 1.82) is 0 Å². The Hall–Kier alpha value is -1.07. The minimum absolute atomic E-state index is 0.0544. The molecule has 0 heterocycles. The predicted octanol–water partition coefficient (Wildman–Crippen LogP) is 2.94. The Bertz CT molecular complexity index is 460. The molecule has 4 nitrogen and oxygen atoms in total. The van der Waals surface area contributed by atoms with Crippen LogP contribution in [0.4, 0.5) is 0 Å². The molecule has 0 aliphatic carbocycles. The fourth-order valence-corrected chi connectivity index (χ4v) is 2.54. The fraction of sp³-hybridized carbons (Fsp3) is 0.462. The van der Waals surface area contributed by atoms with Crippen molar-refractivity contribution in [3.63, 3.8) is 0 Å². The van der Waals surface area contributed by atoms with Gasteiger partial charge in [0.05, 0.1) is 7.11 Å². The number of ether oxygens (including phenoxy) is 1. The number of carboxylic acids is 1. The third-order valence-electron chi connectivity index (χ3n) is 2.96. The molecular weight excluding hydrogens is 298 g/mol. The summed E-state index contributed by atoms with van der Waals surface area (Å²) >= 11 is 3.47. The van der Waals surface area contributed by atoms with Crippen LogP contribution in [0.25, 0.3) is 0 Å². The number of hydrogen-bond acceptors (Lipinski definition) is 3. The average molecular weight is 316 g/mol. The largest absolute Gasteiger partial charge is 0.496 e. The number of halogens is 1. The standard InChI is InChI=1S/C13H18BrNO3/c1-7-6-9(14)8(2)13(18-3)12(7)10(15)4-5-11(16)17/h6,10H,4-5,15H2,1-3H3,(H,16,17). The van der Waals surface area contributed by atoms with Gasteiger partial charge in [-0.2, -0.15) is 0 Å². The molecule has 0 aliphatic rings. The van der Waals surface area contributed by atoms with E-state index in [9.17, 15) is 4.79 Å². The predicted molar refractivity (Wildman–Crippen MR) is 74.0 cm³/mol. The van der Waals surface area contributed by atoms with Gasteiger partial charge < -0.3 is 15.6 Å². The topological polar surface area (TPSA) is 72.5 Å². The molecule has 100 valence electrons. The van der Waals surface area contributed by atoms with Gasteiger partial charge in [0.2, 0.25) is 0 Å². The van der Waals surface area contributed by atoms with Gasteiger partial charge in [0.15, 0.2) is 0 Å². The molecule has 1 aromatic carbocycles. The molecule has 0 saturated heterocycles. The smallest absolute Gasteiger partial charge is 0.303 e. The molecule has 5 heteroatoms. The molecule has 1 rings (SSSR count). The van der Waals surface area contributed by atoms with Crippen molar-refractivity contribution in [2.75, 3.05) is 7.11 Å². The molecule has 0 radical (unpaired) electrons. The van der Waals surface area contributed by atoms with Crippen LogP contribution in [0, 0.1) is 13.8 Å². The highest BCUT2D eigenvalue weighted by Crippen LogP contribution is 2.36. The highest BCUT2D eigenvalue weighted by atomic mass is 79.9. The zero-order valence-electron chi connectivity index (χ0n) is 10.8. The van der Waals surface area contributed by atoms with Gasteiger partial charge in [0.1, 0.15) is 5.75 Å². The number of carboxylic acid groups (broad SMARTS) is 1. The average Bonchev–Trinajstić information content (AvgIpc) is 2.30. The number of methoxy groups -OCH3 is 1. The first kappa shape index (κ1) is 15.0. The number of benzene rings is 1. The van der Waals surface area contributed by atoms with E-state index in [4.69, 9.17) is 15.6 Å². The van der Waals surface area contributed by atoms with Crippen LogP contribution in [0.3, 0.4) is 0 Å². The molecule has 1 aromatic rings. The van der Waals surface area contributed by atoms with E-state index in [1.54, 1.807) is 7.11 Å². The van der Waals surface area contributed by atoms with E-state index in [0.29, 0.717) is 6.42 Å². The van der Waals surface area contributed by atoms with E-state index >= 15 is 0 Å². The van der Waals surface area contributed by atoms with Crippen LogP contribution in [0.15, 0.2) is 10.5 Å². The van der Waals surface area contributed by atoms with E-state index in [1.807, 2.05) is 19.9 Å². The van der Waals surface area contributed by atoms with Crippen molar-refractivity contribution >= 4 is 21.9 Å². The maximum Gasteiger partial charge on any atom is 0.303 e. The van der Waals surface area contributed by atoms with Crippen LogP contribution in [0.2, 0.25) is 0 Å². The molecule has 0 saturated carbocycles. The Morgan fingerprint density at radius 2 is 2.17 bits per heavy atom. The van der Waals surface area contributed by atoms with Crippen LogP contribution in [0.5, 0.6) is 5.75 Å². The zero-order valence-corrected chi connectivity index (χ0v) is 12.4. The lowest BCUT2D eigenvalue weighted by Crippen LogP contribution is -2.15. The summed E-state index contributed by atoms with van der Waals surface area (Å²) in [5.41, 5.74) is 8.95. The summed E-state index contributed by atoms with van der Waals surface area (Å²) < 4.78 is 6.37. The van der Waals surface area contributed by atoms with Gasteiger partial charge in [-0.1, -0.05) is 15.9 Å². The van der Waals surface area contributed by atoms with Gasteiger partial charge in [0.25, 0.3) is 0 Å². The Morgan fingerprint density at radius 3 is 2.67 bits per heavy atom. The molecule has 1 unspecified atom stereocenters. The summed E-state index contributed by atoms with van der Waals surface area (Å²) in [5, 5.41) is 8.71. The van der Waals surface area contributed by atoms with Crippen LogP contribution in [-0.2, 0) is 4.79 Å². The number of hydrogen-bond donors (Lipinski definition) is 2. The second-order valence-corrected chi connectivity index (χ2v) is 5.14. The highest BCUT2D eigenvalue weighted by Gasteiger charge is 2.19. The maximum atomic E-state index is 10.6. The number of rotatable bonds is 5. The van der Waals surface area contributed by atoms with Crippen LogP contribution >= 0.6 is 15.9 Å². The minimum atomic E-state index is -0.837. The molecule has 3 N–H and O–H groups in total. The fourth-order valence-electron chi connectivity index (χ4n) is 2.01. The zero-order chi connectivity index (χ0) is 13.9. The summed E-state index contributed by atoms with van der Waals surface area (Å²) in [6, 6.07) is 1.65. The van der Waals surface area contributed by atoms with E-state index in [0.717, 1.165) is 26.9 Å². The molecule has 18 heavy (non-hydrogen) atoms. The van der Waals surface area contributed by atoms with Crippen molar-refractivity contribution in [3.8, 4) is 5.75 Å². The Balaban J connectivity index is 3.14. The third-order valence-corrected chi connectivity index (χ3v) is 3.78. The van der Waals surface area contributed by atoms with E-state index in [1.165, 1.54) is 0 Å². The molecule has 0 aromatic heterocycles. The first-order chi connectivity index (χ1) is 8.38. The first-order valence-electron chi connectivity index (χ1n) is 5.69. The molecule has 0 aliphatic heterocycles. The van der Waals surface area contributed by atoms with Crippen LogP contribution in [0.1, 0.15) is 35.6 Å². The van der Waals surface area contributed by atoms with Crippen LogP contribution in [-0.4, -0.2) is 18.2 Å². The van der Waals surface area contributed by atoms with Gasteiger partial charge in [-0.15, -0.1) is 0 Å². The summed E-state index contributed by atoms with van der Waals surface area (Å²) in [6.45, 7) is 3.89. The molecule has 0 fully saturated rings. The molecule has 0 bridgehead atoms. The maximum absolute atomic E-state index is 10.6. The Morgan fingerprint density at radius 1 is 1.56 bits per heavy atom. The van der Waals surface area contributed by atoms with Crippen molar-refractivity contribution in [2.24, 2.45) is 5.73 Å². The number of nitrogens with two attached hydrogens (primary N) is 1. The van der Waals surface area contributed by atoms with Crippen molar-refractivity contribution in [2.45, 2.75) is 32.7 Å². The van der Waals surface area contributed by atoms with Gasteiger partial charge in [-0.3, -0.25) is 4.79 Å². The summed E-state index contributed by atoms with van der Waals surface area (Å²) in [4.78, 5) is 10.6. The lowest BCUT2D eigenvalue weighted by atomic mass is 9.95. The Kier molecular flexibility index (Phi) is 5.16. The van der Waals surface area contributed by atoms with E-state index in [-0.39, 0.29) is 12.5 Å². The molecule has 0 amide bonds. The highest BCUT2D eigenvalue weighted by molar-refractivity contribution is 9.10. The van der Waals surface area contributed by atoms with E-state index in [2.05, 4.69) is 15.9 Å². The Labute approximate surface area is 115 Å².